The molecule has 17 atom stereocenters. The number of hydrogen-bond acceptors (Lipinski definition) is 18. The molecule has 0 aliphatic carbocycles. The van der Waals surface area contributed by atoms with E-state index in [2.05, 4.69) is 19.2 Å². The van der Waals surface area contributed by atoms with Crippen LogP contribution in [0, 0.1) is 0 Å². The van der Waals surface area contributed by atoms with Gasteiger partial charge < -0.3 is 89.9 Å². The molecule has 0 spiro atoms. The van der Waals surface area contributed by atoms with Crippen LogP contribution in [0.2, 0.25) is 0 Å². The SMILES string of the molecule is CCCCCCCCCCCCCCCCCCCCCCCCCCCCCCCCCCCCCC(=O)NC(COC1OC(CO)C(OC2OC(CO)C(OC3OC(CO)C(O)C(O)C3O)C(O)C2O)C(O)C1O)C(O)CCCCCCCCCCCCCCCCCCCCCCCCCCCCCCCCCC. The average molecular weight is 1600 g/mol. The van der Waals surface area contributed by atoms with Crippen molar-refractivity contribution in [2.45, 2.75) is 561 Å². The first-order chi connectivity index (χ1) is 54.8. The van der Waals surface area contributed by atoms with Crippen LogP contribution in [0.15, 0.2) is 0 Å². The second kappa shape index (κ2) is 73.7. The van der Waals surface area contributed by atoms with Gasteiger partial charge in [-0.25, -0.2) is 0 Å². The van der Waals surface area contributed by atoms with Crippen LogP contribution < -0.4 is 5.32 Å². The van der Waals surface area contributed by atoms with Gasteiger partial charge in [-0.3, -0.25) is 4.79 Å². The maximum atomic E-state index is 13.6. The Morgan fingerprint density at radius 3 is 0.777 bits per heavy atom. The van der Waals surface area contributed by atoms with Crippen molar-refractivity contribution in [1.82, 2.24) is 5.32 Å². The molecule has 1 amide bonds. The number of carbonyl (C=O) groups excluding carboxylic acids is 1. The summed E-state index contributed by atoms with van der Waals surface area (Å²) in [6, 6.07) is -0.885. The van der Waals surface area contributed by atoms with Crippen molar-refractivity contribution in [3.05, 3.63) is 0 Å². The highest BCUT2D eigenvalue weighted by molar-refractivity contribution is 5.76. The quantitative estimate of drug-likeness (QED) is 0.0252. The first-order valence-electron chi connectivity index (χ1n) is 48.3. The standard InChI is InChI=1S/C93H181NO18/c1-3-5-7-9-11-13-15-17-19-21-23-25-27-29-31-33-35-37-38-39-41-43-45-47-49-51-53-55-57-59-61-63-65-67-69-71-81(99)94-76(77(98)70-68-66-64-62-60-58-56-54-52-50-48-46-44-42-40-36-34-32-30-28-26-24-22-20-18-16-14-12-10-8-6-4-2)75-107-91-87(105)84(102)89(79(73-96)109-91)112-93-88(106)85(103)90(80(74-97)110-93)111-92-86(104)83(101)82(100)78(72-95)108-92/h76-80,82-93,95-98,100-106H,3-75H2,1-2H3,(H,94,99). The topological polar surface area (TPSA) is 307 Å². The van der Waals surface area contributed by atoms with Gasteiger partial charge in [-0.15, -0.1) is 0 Å². The number of amides is 1. The molecule has 3 aliphatic rings. The third-order valence-corrected chi connectivity index (χ3v) is 24.7. The maximum Gasteiger partial charge on any atom is 0.220 e. The fourth-order valence-electron chi connectivity index (χ4n) is 17.0. The monoisotopic (exact) mass is 1600 g/mol. The van der Waals surface area contributed by atoms with Gasteiger partial charge in [-0.2, -0.15) is 0 Å². The lowest BCUT2D eigenvalue weighted by Crippen LogP contribution is -2.66. The molecule has 19 heteroatoms. The van der Waals surface area contributed by atoms with Gasteiger partial charge in [0.1, 0.15) is 73.2 Å². The molecular formula is C93H181NO18. The van der Waals surface area contributed by atoms with E-state index in [9.17, 15) is 61.0 Å². The zero-order chi connectivity index (χ0) is 81.0. The van der Waals surface area contributed by atoms with Gasteiger partial charge in [-0.05, 0) is 12.8 Å². The minimum Gasteiger partial charge on any atom is -0.394 e. The van der Waals surface area contributed by atoms with Gasteiger partial charge in [0.15, 0.2) is 18.9 Å². The number of ether oxygens (including phenoxy) is 6. The number of rotatable bonds is 81. The Morgan fingerprint density at radius 2 is 0.509 bits per heavy atom. The summed E-state index contributed by atoms with van der Waals surface area (Å²) in [4.78, 5) is 13.6. The molecule has 3 aliphatic heterocycles. The Balaban J connectivity index is 1.29. The molecule has 0 saturated carbocycles. The second-order valence-electron chi connectivity index (χ2n) is 34.9. The molecule has 3 rings (SSSR count). The summed E-state index contributed by atoms with van der Waals surface area (Å²) >= 11 is 0. The van der Waals surface area contributed by atoms with Crippen molar-refractivity contribution < 1.29 is 89.4 Å². The minimum absolute atomic E-state index is 0.230. The number of unbranched alkanes of at least 4 members (excludes halogenated alkanes) is 65. The van der Waals surface area contributed by atoms with Gasteiger partial charge in [0.2, 0.25) is 5.91 Å². The van der Waals surface area contributed by atoms with Crippen LogP contribution in [-0.2, 0) is 33.2 Å². The Labute approximate surface area is 684 Å². The summed E-state index contributed by atoms with van der Waals surface area (Å²) in [5, 5.41) is 121. The molecule has 0 aromatic rings. The predicted octanol–water partition coefficient (Wildman–Crippen LogP) is 19.3. The molecule has 3 fully saturated rings. The summed E-state index contributed by atoms with van der Waals surface area (Å²) in [6.45, 7) is 1.90. The lowest BCUT2D eigenvalue weighted by atomic mass is 9.96. The zero-order valence-electron chi connectivity index (χ0n) is 72.2. The Morgan fingerprint density at radius 1 is 0.286 bits per heavy atom. The molecule has 0 aromatic carbocycles. The van der Waals surface area contributed by atoms with E-state index in [-0.39, 0.29) is 18.9 Å². The first kappa shape index (κ1) is 105. The van der Waals surface area contributed by atoms with Crippen molar-refractivity contribution in [2.75, 3.05) is 26.4 Å². The van der Waals surface area contributed by atoms with Crippen LogP contribution >= 0.6 is 0 Å². The zero-order valence-corrected chi connectivity index (χ0v) is 72.2. The fourth-order valence-corrected chi connectivity index (χ4v) is 17.0. The summed E-state index contributed by atoms with van der Waals surface area (Å²) in [5.41, 5.74) is 0. The number of carbonyl (C=O) groups is 1. The normalized spacial score (nSPS) is 24.8. The minimum atomic E-state index is -1.97. The molecule has 12 N–H and O–H groups in total. The molecule has 19 nitrogen and oxygen atoms in total. The molecule has 3 heterocycles. The summed E-state index contributed by atoms with van der Waals surface area (Å²) in [6.07, 6.45) is 63.8. The summed E-state index contributed by atoms with van der Waals surface area (Å²) in [7, 11) is 0. The predicted molar refractivity (Wildman–Crippen MR) is 453 cm³/mol. The molecule has 3 saturated heterocycles. The van der Waals surface area contributed by atoms with Gasteiger partial charge in [0.05, 0.1) is 38.6 Å². The highest BCUT2D eigenvalue weighted by Gasteiger charge is 2.54. The number of aliphatic hydroxyl groups excluding tert-OH is 11. The van der Waals surface area contributed by atoms with Crippen LogP contribution in [0.4, 0.5) is 0 Å². The third-order valence-electron chi connectivity index (χ3n) is 24.7. The smallest absolute Gasteiger partial charge is 0.220 e. The molecule has 0 aromatic heterocycles. The van der Waals surface area contributed by atoms with Crippen molar-refractivity contribution in [3.8, 4) is 0 Å². The van der Waals surface area contributed by atoms with E-state index < -0.39 is 124 Å². The van der Waals surface area contributed by atoms with Gasteiger partial charge in [0.25, 0.3) is 0 Å². The Kier molecular flexibility index (Phi) is 69.1. The molecular weight excluding hydrogens is 1420 g/mol. The second-order valence-corrected chi connectivity index (χ2v) is 34.9. The average Bonchev–Trinajstić information content (AvgIpc) is 0.782. The van der Waals surface area contributed by atoms with Gasteiger partial charge >= 0.3 is 0 Å². The fraction of sp³-hybridized carbons (Fsp3) is 0.989. The van der Waals surface area contributed by atoms with Crippen LogP contribution in [-0.4, -0.2) is 193 Å². The molecule has 666 valence electrons. The number of nitrogens with one attached hydrogen (secondary N) is 1. The first-order valence-corrected chi connectivity index (χ1v) is 48.3. The Hall–Kier alpha value is -1.21. The lowest BCUT2D eigenvalue weighted by Gasteiger charge is -2.48. The van der Waals surface area contributed by atoms with E-state index in [1.165, 1.54) is 379 Å². The van der Waals surface area contributed by atoms with Crippen LogP contribution in [0.1, 0.15) is 457 Å². The largest absolute Gasteiger partial charge is 0.394 e. The summed E-state index contributed by atoms with van der Waals surface area (Å²) in [5.74, 6) is -0.230. The maximum absolute atomic E-state index is 13.6. The number of hydrogen-bond donors (Lipinski definition) is 12. The third kappa shape index (κ3) is 51.4. The highest BCUT2D eigenvalue weighted by Crippen LogP contribution is 2.34. The van der Waals surface area contributed by atoms with Crippen molar-refractivity contribution in [2.24, 2.45) is 0 Å². The number of aliphatic hydroxyl groups is 11. The van der Waals surface area contributed by atoms with E-state index in [1.54, 1.807) is 0 Å². The van der Waals surface area contributed by atoms with Crippen molar-refractivity contribution in [3.63, 3.8) is 0 Å². The van der Waals surface area contributed by atoms with Crippen molar-refractivity contribution in [1.29, 1.82) is 0 Å². The van der Waals surface area contributed by atoms with Crippen molar-refractivity contribution >= 4 is 5.91 Å². The Bertz CT molecular complexity index is 2010. The van der Waals surface area contributed by atoms with E-state index in [1.807, 2.05) is 0 Å². The molecule has 112 heavy (non-hydrogen) atoms. The lowest BCUT2D eigenvalue weighted by molar-refractivity contribution is -0.379. The van der Waals surface area contributed by atoms with E-state index in [4.69, 9.17) is 28.4 Å². The van der Waals surface area contributed by atoms with E-state index >= 15 is 0 Å². The van der Waals surface area contributed by atoms with Gasteiger partial charge in [0, 0.05) is 6.42 Å². The molecule has 0 bridgehead atoms. The van der Waals surface area contributed by atoms with Gasteiger partial charge in [-0.1, -0.05) is 438 Å². The highest BCUT2D eigenvalue weighted by atomic mass is 16.8. The van der Waals surface area contributed by atoms with Crippen LogP contribution in [0.25, 0.3) is 0 Å². The van der Waals surface area contributed by atoms with E-state index in [0.717, 1.165) is 44.9 Å². The molecule has 0 radical (unpaired) electrons. The summed E-state index contributed by atoms with van der Waals surface area (Å²) < 4.78 is 34.6. The van der Waals surface area contributed by atoms with Crippen LogP contribution in [0.5, 0.6) is 0 Å². The van der Waals surface area contributed by atoms with Crippen LogP contribution in [0.3, 0.4) is 0 Å². The molecule has 17 unspecified atom stereocenters. The van der Waals surface area contributed by atoms with E-state index in [0.29, 0.717) is 12.8 Å².